The Kier molecular flexibility index (Phi) is 7.88. The minimum absolute atomic E-state index is 0.0697. The van der Waals surface area contributed by atoms with Crippen molar-refractivity contribution >= 4 is 5.97 Å². The van der Waals surface area contributed by atoms with Gasteiger partial charge in [-0.2, -0.15) is 0 Å². The van der Waals surface area contributed by atoms with E-state index in [2.05, 4.69) is 4.74 Å². The average Bonchev–Trinajstić information content (AvgIpc) is 2.39. The van der Waals surface area contributed by atoms with Crippen molar-refractivity contribution in [1.82, 2.24) is 15.0 Å². The number of carbonyl (C=O) groups is 1. The lowest BCUT2D eigenvalue weighted by atomic mass is 10.5. The van der Waals surface area contributed by atoms with E-state index < -0.39 is 41.1 Å². The molecule has 0 aliphatic carbocycles. The van der Waals surface area contributed by atoms with Gasteiger partial charge in [0, 0.05) is 6.92 Å². The molecule has 126 valence electrons. The first-order chi connectivity index (χ1) is 10.2. The fourth-order valence-corrected chi connectivity index (χ4v) is 1.29. The number of hydrazine groups is 3. The zero-order chi connectivity index (χ0) is 17.3. The number of hydrogen-bond acceptors (Lipinski definition) is 8. The van der Waals surface area contributed by atoms with E-state index in [1.807, 2.05) is 0 Å². The van der Waals surface area contributed by atoms with Gasteiger partial charge in [0.1, 0.15) is 0 Å². The highest BCUT2D eigenvalue weighted by Gasteiger charge is 2.30. The summed E-state index contributed by atoms with van der Waals surface area (Å²) < 4.78 is 4.39. The maximum atomic E-state index is 10.9. The second-order valence-electron chi connectivity index (χ2n) is 4.00. The molecule has 14 heteroatoms. The molecule has 0 saturated heterocycles. The van der Waals surface area contributed by atoms with Crippen LogP contribution in [0.3, 0.4) is 0 Å². The van der Waals surface area contributed by atoms with Gasteiger partial charge in [0.2, 0.25) is 20.1 Å². The van der Waals surface area contributed by atoms with Gasteiger partial charge < -0.3 is 4.74 Å². The van der Waals surface area contributed by atoms with Gasteiger partial charge in [-0.25, -0.2) is 30.3 Å². The summed E-state index contributed by atoms with van der Waals surface area (Å²) in [5.41, 5.74) is 0. The van der Waals surface area contributed by atoms with Gasteiger partial charge >= 0.3 is 5.97 Å². The Balaban J connectivity index is 4.90. The van der Waals surface area contributed by atoms with Crippen molar-refractivity contribution < 1.29 is 24.6 Å². The normalized spacial score (nSPS) is 9.73. The third-order valence-electron chi connectivity index (χ3n) is 2.24. The van der Waals surface area contributed by atoms with E-state index >= 15 is 0 Å². The van der Waals surface area contributed by atoms with Crippen molar-refractivity contribution in [3.05, 3.63) is 30.3 Å². The molecule has 0 spiro atoms. The first-order valence-electron chi connectivity index (χ1n) is 6.00. The Labute approximate surface area is 124 Å². The number of nitrogens with zero attached hydrogens (tertiary/aromatic N) is 6. The quantitative estimate of drug-likeness (QED) is 0.204. The van der Waals surface area contributed by atoms with Crippen molar-refractivity contribution in [2.45, 2.75) is 20.3 Å². The number of esters is 1. The standard InChI is InChI=1S/C8H16N6O8/c1-3-4-9(12(16)17)5-10(13(18)19)6-11(14(20)21)7-22-8(2)15/h3-7H2,1-2H3. The zero-order valence-electron chi connectivity index (χ0n) is 12.0. The lowest BCUT2D eigenvalue weighted by Gasteiger charge is -2.21. The lowest BCUT2D eigenvalue weighted by Crippen LogP contribution is -2.50. The smallest absolute Gasteiger partial charge is 0.304 e. The van der Waals surface area contributed by atoms with Crippen LogP contribution in [0.5, 0.6) is 0 Å². The molecule has 0 aromatic heterocycles. The molecule has 0 heterocycles. The zero-order valence-corrected chi connectivity index (χ0v) is 12.0. The Bertz CT molecular complexity index is 431. The van der Waals surface area contributed by atoms with Crippen molar-refractivity contribution in [1.29, 1.82) is 0 Å². The van der Waals surface area contributed by atoms with Gasteiger partial charge in [0.15, 0.2) is 15.1 Å². The highest BCUT2D eigenvalue weighted by molar-refractivity contribution is 5.65. The monoisotopic (exact) mass is 324 g/mol. The van der Waals surface area contributed by atoms with Crippen LogP contribution in [0.15, 0.2) is 0 Å². The van der Waals surface area contributed by atoms with E-state index in [1.54, 1.807) is 6.92 Å². The van der Waals surface area contributed by atoms with Crippen LogP contribution in [-0.4, -0.2) is 62.7 Å². The molecule has 0 aliphatic rings. The molecular formula is C8H16N6O8. The first kappa shape index (κ1) is 19.1. The molecule has 0 aromatic carbocycles. The third-order valence-corrected chi connectivity index (χ3v) is 2.24. The molecule has 0 N–H and O–H groups in total. The van der Waals surface area contributed by atoms with E-state index in [9.17, 15) is 35.1 Å². The van der Waals surface area contributed by atoms with Crippen LogP contribution < -0.4 is 0 Å². The topological polar surface area (TPSA) is 165 Å². The number of hydrogen-bond donors (Lipinski definition) is 0. The van der Waals surface area contributed by atoms with Crippen LogP contribution in [-0.2, 0) is 9.53 Å². The van der Waals surface area contributed by atoms with Gasteiger partial charge in [0.25, 0.3) is 0 Å². The number of ether oxygens (including phenoxy) is 1. The number of carbonyl (C=O) groups excluding carboxylic acids is 1. The summed E-state index contributed by atoms with van der Waals surface area (Å²) >= 11 is 0. The van der Waals surface area contributed by atoms with Crippen molar-refractivity contribution in [3.63, 3.8) is 0 Å². The summed E-state index contributed by atoms with van der Waals surface area (Å²) in [6, 6.07) is 0. The molecule has 14 nitrogen and oxygen atoms in total. The van der Waals surface area contributed by atoms with Gasteiger partial charge in [-0.3, -0.25) is 4.79 Å². The summed E-state index contributed by atoms with van der Waals surface area (Å²) in [6.07, 6.45) is 0.360. The Morgan fingerprint density at radius 3 is 1.77 bits per heavy atom. The predicted octanol–water partition coefficient (Wildman–Crippen LogP) is -0.687. The molecule has 0 atom stereocenters. The molecule has 0 bridgehead atoms. The second-order valence-corrected chi connectivity index (χ2v) is 4.00. The summed E-state index contributed by atoms with van der Waals surface area (Å²) in [5.74, 6) is -0.808. The van der Waals surface area contributed by atoms with E-state index in [0.717, 1.165) is 6.92 Å². The van der Waals surface area contributed by atoms with Gasteiger partial charge in [-0.15, -0.1) is 5.01 Å². The summed E-state index contributed by atoms with van der Waals surface area (Å²) in [7, 11) is 0. The Morgan fingerprint density at radius 1 is 0.955 bits per heavy atom. The van der Waals surface area contributed by atoms with E-state index in [4.69, 9.17) is 0 Å². The highest BCUT2D eigenvalue weighted by atomic mass is 16.7. The molecule has 0 amide bonds. The van der Waals surface area contributed by atoms with Gasteiger partial charge in [-0.05, 0) is 6.42 Å². The molecule has 0 fully saturated rings. The molecule has 0 aromatic rings. The molecule has 22 heavy (non-hydrogen) atoms. The average molecular weight is 324 g/mol. The van der Waals surface area contributed by atoms with E-state index in [-0.39, 0.29) is 16.6 Å². The molecule has 0 radical (unpaired) electrons. The maximum absolute atomic E-state index is 10.9. The first-order valence-corrected chi connectivity index (χ1v) is 6.00. The summed E-state index contributed by atoms with van der Waals surface area (Å²) in [4.78, 5) is 43.0. The van der Waals surface area contributed by atoms with Crippen molar-refractivity contribution in [3.8, 4) is 0 Å². The molecular weight excluding hydrogens is 308 g/mol. The van der Waals surface area contributed by atoms with Crippen LogP contribution in [0.1, 0.15) is 20.3 Å². The Hall–Kier alpha value is -2.93. The number of nitro groups is 3. The van der Waals surface area contributed by atoms with Crippen molar-refractivity contribution in [2.75, 3.05) is 26.6 Å². The SMILES string of the molecule is CCCN(CN(CN(COC(C)=O)[N+](=O)[O-])[N+](=O)[O-])[N+](=O)[O-]. The van der Waals surface area contributed by atoms with Gasteiger partial charge in [-0.1, -0.05) is 16.9 Å². The van der Waals surface area contributed by atoms with E-state index in [0.29, 0.717) is 11.4 Å². The fourth-order valence-electron chi connectivity index (χ4n) is 1.29. The minimum Gasteiger partial charge on any atom is -0.439 e. The van der Waals surface area contributed by atoms with Crippen molar-refractivity contribution in [2.24, 2.45) is 0 Å². The lowest BCUT2D eigenvalue weighted by molar-refractivity contribution is -0.738. The summed E-state index contributed by atoms with van der Waals surface area (Å²) in [5, 5.41) is 30.6. The molecule has 0 saturated carbocycles. The molecule has 0 rings (SSSR count). The molecule has 0 unspecified atom stereocenters. The predicted molar refractivity (Wildman–Crippen MR) is 68.0 cm³/mol. The van der Waals surface area contributed by atoms with E-state index in [1.165, 1.54) is 0 Å². The largest absolute Gasteiger partial charge is 0.439 e. The highest BCUT2D eigenvalue weighted by Crippen LogP contribution is 2.01. The number of rotatable bonds is 11. The minimum atomic E-state index is -1.00. The van der Waals surface area contributed by atoms with Crippen LogP contribution >= 0.6 is 0 Å². The Morgan fingerprint density at radius 2 is 1.41 bits per heavy atom. The van der Waals surface area contributed by atoms with Crippen LogP contribution in [0.2, 0.25) is 0 Å². The fraction of sp³-hybridized carbons (Fsp3) is 0.875. The second kappa shape index (κ2) is 9.09. The van der Waals surface area contributed by atoms with Crippen LogP contribution in [0, 0.1) is 30.3 Å². The van der Waals surface area contributed by atoms with Crippen LogP contribution in [0.25, 0.3) is 0 Å². The van der Waals surface area contributed by atoms with Gasteiger partial charge in [0.05, 0.1) is 6.54 Å². The third kappa shape index (κ3) is 7.01. The summed E-state index contributed by atoms with van der Waals surface area (Å²) in [6.45, 7) is 0.0917. The molecule has 0 aliphatic heterocycles. The maximum Gasteiger partial charge on any atom is 0.304 e. The van der Waals surface area contributed by atoms with Crippen LogP contribution in [0.4, 0.5) is 0 Å².